The van der Waals surface area contributed by atoms with Crippen LogP contribution in [-0.2, 0) is 5.88 Å². The van der Waals surface area contributed by atoms with Crippen LogP contribution < -0.4 is 9.47 Å². The summed E-state index contributed by atoms with van der Waals surface area (Å²) in [5, 5.41) is 2.45. The van der Waals surface area contributed by atoms with Crippen LogP contribution in [0.25, 0.3) is 10.8 Å². The fourth-order valence-electron chi connectivity index (χ4n) is 2.99. The lowest BCUT2D eigenvalue weighted by atomic mass is 9.77. The summed E-state index contributed by atoms with van der Waals surface area (Å²) in [5.41, 5.74) is 2.43. The third kappa shape index (κ3) is 2.12. The van der Waals surface area contributed by atoms with Gasteiger partial charge in [-0.15, -0.1) is 11.6 Å². The van der Waals surface area contributed by atoms with Gasteiger partial charge in [0.15, 0.2) is 11.5 Å². The summed E-state index contributed by atoms with van der Waals surface area (Å²) in [6.07, 6.45) is 3.76. The Morgan fingerprint density at radius 2 is 1.95 bits per heavy atom. The quantitative estimate of drug-likeness (QED) is 0.748. The molecule has 2 aromatic carbocycles. The standard InChI is InChI=1S/C17H19ClO2/c1-19-15-9-13-8-11(10-18)6-7-14(13)16(17(15)20-2)12-4-3-5-12/h6-9,12H,3-5,10H2,1-2H3. The maximum absolute atomic E-state index is 5.94. The third-order valence-electron chi connectivity index (χ3n) is 4.25. The Kier molecular flexibility index (Phi) is 3.75. The lowest BCUT2D eigenvalue weighted by Crippen LogP contribution is -2.11. The number of hydrogen-bond donors (Lipinski definition) is 0. The van der Waals surface area contributed by atoms with Gasteiger partial charge < -0.3 is 9.47 Å². The number of methoxy groups -OCH3 is 2. The normalized spacial score (nSPS) is 15.2. The molecule has 20 heavy (non-hydrogen) atoms. The molecular formula is C17H19ClO2. The minimum Gasteiger partial charge on any atom is -0.493 e. The summed E-state index contributed by atoms with van der Waals surface area (Å²) in [4.78, 5) is 0. The van der Waals surface area contributed by atoms with Gasteiger partial charge >= 0.3 is 0 Å². The summed E-state index contributed by atoms with van der Waals surface area (Å²) in [6, 6.07) is 8.46. The van der Waals surface area contributed by atoms with Gasteiger partial charge in [0.1, 0.15) is 0 Å². The van der Waals surface area contributed by atoms with Crippen LogP contribution in [0.1, 0.15) is 36.3 Å². The second-order valence-corrected chi connectivity index (χ2v) is 5.61. The van der Waals surface area contributed by atoms with Crippen molar-refractivity contribution in [3.05, 3.63) is 35.4 Å². The van der Waals surface area contributed by atoms with E-state index in [1.165, 1.54) is 35.6 Å². The zero-order chi connectivity index (χ0) is 14.1. The molecule has 2 aromatic rings. The van der Waals surface area contributed by atoms with E-state index in [2.05, 4.69) is 18.2 Å². The van der Waals surface area contributed by atoms with Gasteiger partial charge in [0.25, 0.3) is 0 Å². The second-order valence-electron chi connectivity index (χ2n) is 5.34. The van der Waals surface area contributed by atoms with E-state index in [0.717, 1.165) is 17.1 Å². The molecule has 1 fully saturated rings. The first-order valence-corrected chi connectivity index (χ1v) is 7.55. The van der Waals surface area contributed by atoms with Crippen LogP contribution in [0, 0.1) is 0 Å². The Bertz CT molecular complexity index is 632. The SMILES string of the molecule is COc1cc2cc(CCl)ccc2c(C2CCC2)c1OC. The molecule has 1 aliphatic carbocycles. The maximum Gasteiger partial charge on any atom is 0.164 e. The monoisotopic (exact) mass is 290 g/mol. The molecule has 0 saturated heterocycles. The van der Waals surface area contributed by atoms with E-state index in [1.807, 2.05) is 6.07 Å². The van der Waals surface area contributed by atoms with Crippen molar-refractivity contribution in [3.63, 3.8) is 0 Å². The van der Waals surface area contributed by atoms with Crippen LogP contribution in [0.4, 0.5) is 0 Å². The zero-order valence-corrected chi connectivity index (χ0v) is 12.7. The van der Waals surface area contributed by atoms with Crippen LogP contribution in [0.5, 0.6) is 11.5 Å². The molecule has 0 bridgehead atoms. The Labute approximate surface area is 124 Å². The molecule has 0 atom stereocenters. The Morgan fingerprint density at radius 1 is 1.15 bits per heavy atom. The summed E-state index contributed by atoms with van der Waals surface area (Å²) in [7, 11) is 3.42. The van der Waals surface area contributed by atoms with Crippen molar-refractivity contribution in [2.75, 3.05) is 14.2 Å². The number of hydrogen-bond acceptors (Lipinski definition) is 2. The Hall–Kier alpha value is -1.41. The highest BCUT2D eigenvalue weighted by atomic mass is 35.5. The number of alkyl halides is 1. The van der Waals surface area contributed by atoms with Crippen LogP contribution in [0.2, 0.25) is 0 Å². The molecule has 0 radical (unpaired) electrons. The molecule has 1 saturated carbocycles. The van der Waals surface area contributed by atoms with E-state index in [-0.39, 0.29) is 0 Å². The van der Waals surface area contributed by atoms with E-state index in [9.17, 15) is 0 Å². The average Bonchev–Trinajstić information content (AvgIpc) is 2.44. The fourth-order valence-corrected chi connectivity index (χ4v) is 3.15. The number of benzene rings is 2. The van der Waals surface area contributed by atoms with Gasteiger partial charge in [-0.3, -0.25) is 0 Å². The number of halogens is 1. The number of ether oxygens (including phenoxy) is 2. The minimum atomic E-state index is 0.531. The average molecular weight is 291 g/mol. The van der Waals surface area contributed by atoms with Gasteiger partial charge in [0.05, 0.1) is 14.2 Å². The first-order valence-electron chi connectivity index (χ1n) is 7.02. The topological polar surface area (TPSA) is 18.5 Å². The molecule has 2 nitrogen and oxygen atoms in total. The first-order chi connectivity index (χ1) is 9.78. The van der Waals surface area contributed by atoms with Crippen LogP contribution in [-0.4, -0.2) is 14.2 Å². The van der Waals surface area contributed by atoms with Gasteiger partial charge in [-0.1, -0.05) is 18.6 Å². The molecule has 0 aromatic heterocycles. The molecule has 106 valence electrons. The van der Waals surface area contributed by atoms with Gasteiger partial charge in [0, 0.05) is 11.4 Å². The van der Waals surface area contributed by atoms with Gasteiger partial charge in [-0.05, 0) is 47.2 Å². The van der Waals surface area contributed by atoms with Gasteiger partial charge in [-0.2, -0.15) is 0 Å². The molecule has 0 spiro atoms. The highest BCUT2D eigenvalue weighted by Crippen LogP contribution is 2.48. The lowest BCUT2D eigenvalue weighted by Gasteiger charge is -2.29. The van der Waals surface area contributed by atoms with Gasteiger partial charge in [0.2, 0.25) is 0 Å². The summed E-state index contributed by atoms with van der Waals surface area (Å²) in [5.74, 6) is 2.82. The molecule has 0 N–H and O–H groups in total. The van der Waals surface area contributed by atoms with Crippen LogP contribution >= 0.6 is 11.6 Å². The molecule has 0 unspecified atom stereocenters. The van der Waals surface area contributed by atoms with Gasteiger partial charge in [-0.25, -0.2) is 0 Å². The highest BCUT2D eigenvalue weighted by Gasteiger charge is 2.27. The Morgan fingerprint density at radius 3 is 2.50 bits per heavy atom. The number of fused-ring (bicyclic) bond motifs is 1. The van der Waals surface area contributed by atoms with Crippen molar-refractivity contribution in [2.24, 2.45) is 0 Å². The lowest BCUT2D eigenvalue weighted by molar-refractivity contribution is 0.339. The van der Waals surface area contributed by atoms with Crippen molar-refractivity contribution in [2.45, 2.75) is 31.1 Å². The third-order valence-corrected chi connectivity index (χ3v) is 4.56. The fraction of sp³-hybridized carbons (Fsp3) is 0.412. The number of rotatable bonds is 4. The largest absolute Gasteiger partial charge is 0.493 e. The highest BCUT2D eigenvalue weighted by molar-refractivity contribution is 6.17. The molecule has 3 rings (SSSR count). The summed E-state index contributed by atoms with van der Waals surface area (Å²) >= 11 is 5.94. The van der Waals surface area contributed by atoms with E-state index in [0.29, 0.717) is 11.8 Å². The van der Waals surface area contributed by atoms with Crippen LogP contribution in [0.15, 0.2) is 24.3 Å². The van der Waals surface area contributed by atoms with E-state index in [4.69, 9.17) is 21.1 Å². The predicted molar refractivity (Wildman–Crippen MR) is 83.2 cm³/mol. The predicted octanol–water partition coefficient (Wildman–Crippen LogP) is 4.86. The van der Waals surface area contributed by atoms with Crippen molar-refractivity contribution in [1.82, 2.24) is 0 Å². The summed E-state index contributed by atoms with van der Waals surface area (Å²) < 4.78 is 11.2. The summed E-state index contributed by atoms with van der Waals surface area (Å²) in [6.45, 7) is 0. The first kappa shape index (κ1) is 13.6. The molecule has 0 heterocycles. The molecule has 3 heteroatoms. The van der Waals surface area contributed by atoms with Crippen LogP contribution in [0.3, 0.4) is 0 Å². The maximum atomic E-state index is 5.94. The van der Waals surface area contributed by atoms with Crippen molar-refractivity contribution in [1.29, 1.82) is 0 Å². The van der Waals surface area contributed by atoms with Crippen molar-refractivity contribution >= 4 is 22.4 Å². The van der Waals surface area contributed by atoms with E-state index < -0.39 is 0 Å². The zero-order valence-electron chi connectivity index (χ0n) is 11.9. The minimum absolute atomic E-state index is 0.531. The van der Waals surface area contributed by atoms with Crippen molar-refractivity contribution in [3.8, 4) is 11.5 Å². The second kappa shape index (κ2) is 5.53. The molecular weight excluding hydrogens is 272 g/mol. The smallest absolute Gasteiger partial charge is 0.164 e. The van der Waals surface area contributed by atoms with E-state index in [1.54, 1.807) is 14.2 Å². The molecule has 1 aliphatic rings. The Balaban J connectivity index is 2.28. The van der Waals surface area contributed by atoms with Crippen molar-refractivity contribution < 1.29 is 9.47 Å². The molecule has 0 amide bonds. The van der Waals surface area contributed by atoms with E-state index >= 15 is 0 Å². The molecule has 0 aliphatic heterocycles.